The smallest absolute Gasteiger partial charge is 0.330 e. The molecule has 1 fully saturated rings. The largest absolute Gasteiger partial charge is 0.491 e. The predicted molar refractivity (Wildman–Crippen MR) is 96.7 cm³/mol. The maximum atomic E-state index is 10.9. The lowest BCUT2D eigenvalue weighted by atomic mass is 10.1. The minimum absolute atomic E-state index is 0.199. The van der Waals surface area contributed by atoms with Crippen molar-refractivity contribution in [2.45, 2.75) is 6.10 Å². The number of carbonyl (C=O) groups is 1. The lowest BCUT2D eigenvalue weighted by Gasteiger charge is -2.13. The van der Waals surface area contributed by atoms with Gasteiger partial charge in [0, 0.05) is 16.8 Å². The first-order valence-corrected chi connectivity index (χ1v) is 8.54. The van der Waals surface area contributed by atoms with Crippen LogP contribution in [0.3, 0.4) is 0 Å². The van der Waals surface area contributed by atoms with Gasteiger partial charge in [0.1, 0.15) is 37.4 Å². The van der Waals surface area contributed by atoms with Crippen LogP contribution in [0.15, 0.2) is 49.1 Å². The van der Waals surface area contributed by atoms with Crippen LogP contribution >= 0.6 is 0 Å². The van der Waals surface area contributed by atoms with Gasteiger partial charge in [-0.1, -0.05) is 30.8 Å². The third-order valence-corrected chi connectivity index (χ3v) is 3.80. The van der Waals surface area contributed by atoms with Crippen molar-refractivity contribution >= 4 is 16.7 Å². The highest BCUT2D eigenvalue weighted by molar-refractivity contribution is 5.93. The molecule has 26 heavy (non-hydrogen) atoms. The summed E-state index contributed by atoms with van der Waals surface area (Å²) in [4.78, 5) is 10.9. The third kappa shape index (κ3) is 5.21. The predicted octanol–water partition coefficient (Wildman–Crippen LogP) is 2.74. The third-order valence-electron chi connectivity index (χ3n) is 3.80. The van der Waals surface area contributed by atoms with E-state index in [1.165, 1.54) is 0 Å². The van der Waals surface area contributed by atoms with Crippen LogP contribution in [0.5, 0.6) is 11.5 Å². The summed E-state index contributed by atoms with van der Waals surface area (Å²) in [6.07, 6.45) is 1.34. The molecule has 0 N–H and O–H groups in total. The Bertz CT molecular complexity index is 753. The summed E-state index contributed by atoms with van der Waals surface area (Å²) in [5, 5.41) is 1.99. The van der Waals surface area contributed by atoms with E-state index in [1.807, 2.05) is 36.4 Å². The zero-order chi connectivity index (χ0) is 18.2. The summed E-state index contributed by atoms with van der Waals surface area (Å²) in [6, 6.07) is 11.8. The molecule has 0 amide bonds. The fraction of sp³-hybridized carbons (Fsp3) is 0.350. The van der Waals surface area contributed by atoms with Crippen LogP contribution < -0.4 is 9.47 Å². The van der Waals surface area contributed by atoms with Crippen molar-refractivity contribution in [3.05, 3.63) is 49.1 Å². The van der Waals surface area contributed by atoms with Crippen LogP contribution in [-0.2, 0) is 19.0 Å². The molecule has 2 aromatic rings. The summed E-state index contributed by atoms with van der Waals surface area (Å²) in [6.45, 7) is 5.98. The number of fused-ring (bicyclic) bond motifs is 1. The van der Waals surface area contributed by atoms with Crippen LogP contribution in [0.1, 0.15) is 0 Å². The van der Waals surface area contributed by atoms with Gasteiger partial charge in [0.05, 0.1) is 19.8 Å². The molecule has 1 heterocycles. The Morgan fingerprint density at radius 1 is 1.04 bits per heavy atom. The average Bonchev–Trinajstić information content (AvgIpc) is 3.50. The molecule has 1 aliphatic rings. The summed E-state index contributed by atoms with van der Waals surface area (Å²) in [5.41, 5.74) is 0. The van der Waals surface area contributed by atoms with Gasteiger partial charge in [-0.05, 0) is 12.1 Å². The zero-order valence-electron chi connectivity index (χ0n) is 14.5. The number of hydrogen-bond donors (Lipinski definition) is 0. The number of benzene rings is 2. The quantitative estimate of drug-likeness (QED) is 0.266. The Morgan fingerprint density at radius 2 is 1.69 bits per heavy atom. The molecule has 1 aliphatic heterocycles. The van der Waals surface area contributed by atoms with Crippen LogP contribution in [0, 0.1) is 0 Å². The molecule has 0 saturated carbocycles. The molecule has 0 bridgehead atoms. The van der Waals surface area contributed by atoms with Crippen molar-refractivity contribution in [1.29, 1.82) is 0 Å². The topological polar surface area (TPSA) is 66.5 Å². The van der Waals surface area contributed by atoms with E-state index >= 15 is 0 Å². The van der Waals surface area contributed by atoms with Gasteiger partial charge in [0.25, 0.3) is 0 Å². The van der Waals surface area contributed by atoms with Crippen molar-refractivity contribution in [2.24, 2.45) is 0 Å². The molecule has 0 spiro atoms. The van der Waals surface area contributed by atoms with Gasteiger partial charge in [-0.15, -0.1) is 0 Å². The number of epoxide rings is 1. The molecule has 0 aliphatic carbocycles. The molecular weight excluding hydrogens is 336 g/mol. The highest BCUT2D eigenvalue weighted by atomic mass is 16.6. The standard InChI is InChI=1S/C20H22O6/c1-2-20(21)24-12-10-22-9-11-23-18-7-8-19(26-14-15-13-25-15)17-6-4-3-5-16(17)18/h2-8,15H,1,9-14H2. The Kier molecular flexibility index (Phi) is 6.46. The lowest BCUT2D eigenvalue weighted by Crippen LogP contribution is -2.12. The number of carbonyl (C=O) groups excluding carboxylic acids is 1. The maximum absolute atomic E-state index is 10.9. The Hall–Kier alpha value is -2.57. The zero-order valence-corrected chi connectivity index (χ0v) is 14.5. The molecule has 6 nitrogen and oxygen atoms in total. The molecule has 1 saturated heterocycles. The number of rotatable bonds is 11. The summed E-state index contributed by atoms with van der Waals surface area (Å²) in [5.74, 6) is 1.15. The second kappa shape index (κ2) is 9.22. The molecule has 0 radical (unpaired) electrons. The van der Waals surface area contributed by atoms with Crippen molar-refractivity contribution in [3.8, 4) is 11.5 Å². The van der Waals surface area contributed by atoms with Crippen molar-refractivity contribution < 1.29 is 28.5 Å². The minimum atomic E-state index is -0.452. The first-order valence-electron chi connectivity index (χ1n) is 8.54. The fourth-order valence-corrected chi connectivity index (χ4v) is 2.42. The van der Waals surface area contributed by atoms with Gasteiger partial charge in [-0.25, -0.2) is 4.79 Å². The van der Waals surface area contributed by atoms with Crippen molar-refractivity contribution in [2.75, 3.05) is 39.6 Å². The molecule has 138 valence electrons. The second-order valence-electron chi connectivity index (χ2n) is 5.71. The van der Waals surface area contributed by atoms with E-state index in [0.29, 0.717) is 26.4 Å². The highest BCUT2D eigenvalue weighted by Gasteiger charge is 2.23. The molecule has 0 aromatic heterocycles. The van der Waals surface area contributed by atoms with E-state index in [1.54, 1.807) is 0 Å². The molecule has 1 atom stereocenters. The number of hydrogen-bond acceptors (Lipinski definition) is 6. The molecule has 1 unspecified atom stereocenters. The van der Waals surface area contributed by atoms with Crippen LogP contribution in [0.2, 0.25) is 0 Å². The van der Waals surface area contributed by atoms with Crippen LogP contribution in [-0.4, -0.2) is 51.7 Å². The van der Waals surface area contributed by atoms with E-state index in [4.69, 9.17) is 23.7 Å². The van der Waals surface area contributed by atoms with E-state index in [9.17, 15) is 4.79 Å². The first kappa shape index (κ1) is 18.2. The van der Waals surface area contributed by atoms with Gasteiger partial charge in [0.15, 0.2) is 0 Å². The van der Waals surface area contributed by atoms with E-state index in [2.05, 4.69) is 6.58 Å². The molecule has 6 heteroatoms. The Balaban J connectivity index is 1.49. The molecule has 2 aromatic carbocycles. The monoisotopic (exact) mass is 358 g/mol. The first-order chi connectivity index (χ1) is 12.8. The fourth-order valence-electron chi connectivity index (χ4n) is 2.42. The van der Waals surface area contributed by atoms with Gasteiger partial charge in [0.2, 0.25) is 0 Å². The van der Waals surface area contributed by atoms with Crippen LogP contribution in [0.4, 0.5) is 0 Å². The average molecular weight is 358 g/mol. The Morgan fingerprint density at radius 3 is 2.35 bits per heavy atom. The molecular formula is C20H22O6. The van der Waals surface area contributed by atoms with E-state index in [0.717, 1.165) is 35.0 Å². The normalized spacial score (nSPS) is 15.5. The maximum Gasteiger partial charge on any atom is 0.330 e. The summed E-state index contributed by atoms with van der Waals surface area (Å²) >= 11 is 0. The van der Waals surface area contributed by atoms with E-state index < -0.39 is 5.97 Å². The highest BCUT2D eigenvalue weighted by Crippen LogP contribution is 2.33. The van der Waals surface area contributed by atoms with Crippen molar-refractivity contribution in [1.82, 2.24) is 0 Å². The van der Waals surface area contributed by atoms with Crippen LogP contribution in [0.25, 0.3) is 10.8 Å². The minimum Gasteiger partial charge on any atom is -0.491 e. The lowest BCUT2D eigenvalue weighted by molar-refractivity contribution is -0.139. The summed E-state index contributed by atoms with van der Waals surface area (Å²) in [7, 11) is 0. The van der Waals surface area contributed by atoms with Gasteiger partial charge in [-0.3, -0.25) is 0 Å². The van der Waals surface area contributed by atoms with Crippen molar-refractivity contribution in [3.63, 3.8) is 0 Å². The van der Waals surface area contributed by atoms with Gasteiger partial charge >= 0.3 is 5.97 Å². The number of esters is 1. The SMILES string of the molecule is C=CC(=O)OCCOCCOc1ccc(OCC2CO2)c2ccccc12. The molecule has 3 rings (SSSR count). The Labute approximate surface area is 152 Å². The van der Waals surface area contributed by atoms with Gasteiger partial charge in [-0.2, -0.15) is 0 Å². The summed E-state index contributed by atoms with van der Waals surface area (Å²) < 4.78 is 27.1. The number of ether oxygens (including phenoxy) is 5. The second-order valence-corrected chi connectivity index (χ2v) is 5.71. The van der Waals surface area contributed by atoms with E-state index in [-0.39, 0.29) is 12.7 Å². The van der Waals surface area contributed by atoms with Gasteiger partial charge < -0.3 is 23.7 Å².